The summed E-state index contributed by atoms with van der Waals surface area (Å²) in [7, 11) is 0. The summed E-state index contributed by atoms with van der Waals surface area (Å²) in [6.45, 7) is 0.120. The number of hydrogen-bond acceptors (Lipinski definition) is 3. The van der Waals surface area contributed by atoms with Crippen molar-refractivity contribution in [1.29, 1.82) is 0 Å². The molecule has 0 radical (unpaired) electrons. The number of hydrogen-bond donors (Lipinski definition) is 1. The highest BCUT2D eigenvalue weighted by molar-refractivity contribution is 6.30. The summed E-state index contributed by atoms with van der Waals surface area (Å²) in [4.78, 5) is 11.2. The highest BCUT2D eigenvalue weighted by Crippen LogP contribution is 2.38. The molecular weight excluding hydrogens is 297 g/mol. The number of hydrazone groups is 1. The van der Waals surface area contributed by atoms with Crippen molar-refractivity contribution in [3.63, 3.8) is 0 Å². The number of nitrogens with zero attached hydrogens (tertiary/aromatic N) is 2. The van der Waals surface area contributed by atoms with Gasteiger partial charge in [-0.25, -0.2) is 5.01 Å². The Labute approximate surface area is 117 Å². The maximum atomic E-state index is 13.1. The first-order chi connectivity index (χ1) is 9.15. The largest absolute Gasteiger partial charge is 0.424 e. The minimum absolute atomic E-state index is 0.0537. The van der Waals surface area contributed by atoms with E-state index >= 15 is 0 Å². The number of benzene rings is 1. The van der Waals surface area contributed by atoms with Crippen LogP contribution in [0.25, 0.3) is 0 Å². The molecule has 0 saturated carbocycles. The van der Waals surface area contributed by atoms with Gasteiger partial charge in [0.2, 0.25) is 11.5 Å². The Morgan fingerprint density at radius 3 is 2.40 bits per heavy atom. The molecule has 1 unspecified atom stereocenters. The van der Waals surface area contributed by atoms with Crippen LogP contribution in [0.5, 0.6) is 0 Å². The summed E-state index contributed by atoms with van der Waals surface area (Å²) in [5.74, 6) is -0.684. The SMILES string of the molecule is CC(=O)N1CC(O)(C(F)(F)F)C(c2ccc(Cl)cc2)=N1. The molecule has 1 aliphatic rings. The smallest absolute Gasteiger partial charge is 0.374 e. The number of amides is 1. The third kappa shape index (κ3) is 2.38. The van der Waals surface area contributed by atoms with Crippen molar-refractivity contribution in [2.45, 2.75) is 18.7 Å². The molecule has 8 heteroatoms. The minimum atomic E-state index is -4.95. The second-order valence-corrected chi connectivity index (χ2v) is 4.83. The lowest BCUT2D eigenvalue weighted by Gasteiger charge is -2.27. The van der Waals surface area contributed by atoms with Crippen molar-refractivity contribution in [1.82, 2.24) is 5.01 Å². The van der Waals surface area contributed by atoms with Crippen LogP contribution in [0, 0.1) is 0 Å². The summed E-state index contributed by atoms with van der Waals surface area (Å²) < 4.78 is 39.3. The molecule has 0 aliphatic carbocycles. The second kappa shape index (κ2) is 4.75. The summed E-state index contributed by atoms with van der Waals surface area (Å²) >= 11 is 5.67. The molecule has 0 saturated heterocycles. The molecule has 20 heavy (non-hydrogen) atoms. The molecule has 0 bridgehead atoms. The summed E-state index contributed by atoms with van der Waals surface area (Å²) in [6.07, 6.45) is -4.95. The van der Waals surface area contributed by atoms with Crippen LogP contribution < -0.4 is 0 Å². The molecule has 4 nitrogen and oxygen atoms in total. The second-order valence-electron chi connectivity index (χ2n) is 4.39. The van der Waals surface area contributed by atoms with E-state index in [4.69, 9.17) is 11.6 Å². The van der Waals surface area contributed by atoms with Crippen LogP contribution in [0.15, 0.2) is 29.4 Å². The number of alkyl halides is 3. The first-order valence-corrected chi connectivity index (χ1v) is 5.95. The van der Waals surface area contributed by atoms with Gasteiger partial charge < -0.3 is 5.11 Å². The standard InChI is InChI=1S/C12H10ClF3N2O2/c1-7(19)18-6-11(20,12(14,15)16)10(17-18)8-2-4-9(13)5-3-8/h2-5,20H,6H2,1H3. The molecule has 0 spiro atoms. The highest BCUT2D eigenvalue weighted by Gasteiger charge is 2.61. The minimum Gasteiger partial charge on any atom is -0.374 e. The van der Waals surface area contributed by atoms with Gasteiger partial charge in [-0.2, -0.15) is 18.3 Å². The fraction of sp³-hybridized carbons (Fsp3) is 0.333. The molecule has 2 rings (SSSR count). The van der Waals surface area contributed by atoms with Crippen molar-refractivity contribution in [2.75, 3.05) is 6.54 Å². The average Bonchev–Trinajstić information content (AvgIpc) is 2.69. The molecule has 0 aromatic heterocycles. The van der Waals surface area contributed by atoms with Gasteiger partial charge in [0.1, 0.15) is 5.71 Å². The number of halogens is 4. The monoisotopic (exact) mass is 306 g/mol. The highest BCUT2D eigenvalue weighted by atomic mass is 35.5. The molecule has 108 valence electrons. The molecule has 1 aliphatic heterocycles. The zero-order chi connectivity index (χ0) is 15.1. The zero-order valence-electron chi connectivity index (χ0n) is 10.3. The first-order valence-electron chi connectivity index (χ1n) is 5.57. The fourth-order valence-electron chi connectivity index (χ4n) is 1.84. The van der Waals surface area contributed by atoms with Gasteiger partial charge in [0.25, 0.3) is 0 Å². The lowest BCUT2D eigenvalue weighted by atomic mass is 9.92. The van der Waals surface area contributed by atoms with Crippen molar-refractivity contribution in [2.24, 2.45) is 5.10 Å². The van der Waals surface area contributed by atoms with Crippen molar-refractivity contribution in [3.8, 4) is 0 Å². The Bertz CT molecular complexity index is 571. The van der Waals surface area contributed by atoms with Gasteiger partial charge in [0.05, 0.1) is 6.54 Å². The van der Waals surface area contributed by atoms with Crippen LogP contribution >= 0.6 is 11.6 Å². The number of carbonyl (C=O) groups excluding carboxylic acids is 1. The maximum absolute atomic E-state index is 13.1. The molecular formula is C12H10ClF3N2O2. The van der Waals surface area contributed by atoms with Crippen LogP contribution in [0.4, 0.5) is 13.2 Å². The summed E-state index contributed by atoms with van der Waals surface area (Å²) in [5.41, 5.74) is -3.75. The predicted molar refractivity (Wildman–Crippen MR) is 66.4 cm³/mol. The normalized spacial score (nSPS) is 22.9. The van der Waals surface area contributed by atoms with Gasteiger partial charge >= 0.3 is 6.18 Å². The van der Waals surface area contributed by atoms with E-state index in [1.807, 2.05) is 0 Å². The lowest BCUT2D eigenvalue weighted by Crippen LogP contribution is -2.54. The van der Waals surface area contributed by atoms with E-state index in [1.54, 1.807) is 0 Å². The number of aliphatic hydroxyl groups is 1. The molecule has 1 atom stereocenters. The quantitative estimate of drug-likeness (QED) is 0.865. The third-order valence-corrected chi connectivity index (χ3v) is 3.19. The Hall–Kier alpha value is -1.60. The lowest BCUT2D eigenvalue weighted by molar-refractivity contribution is -0.229. The van der Waals surface area contributed by atoms with E-state index in [9.17, 15) is 23.1 Å². The van der Waals surface area contributed by atoms with E-state index in [0.29, 0.717) is 10.0 Å². The van der Waals surface area contributed by atoms with Crippen molar-refractivity contribution >= 4 is 23.2 Å². The first kappa shape index (κ1) is 14.8. The van der Waals surface area contributed by atoms with Crippen molar-refractivity contribution < 1.29 is 23.1 Å². The molecule has 1 aromatic carbocycles. The number of carbonyl (C=O) groups is 1. The van der Waals surface area contributed by atoms with Gasteiger partial charge in [0, 0.05) is 17.5 Å². The van der Waals surface area contributed by atoms with Crippen LogP contribution in [-0.4, -0.2) is 40.1 Å². The number of β-amino-alcohol motifs (C(OH)–C–C–N with tert-alkyl or cyclic N) is 1. The Kier molecular flexibility index (Phi) is 3.51. The van der Waals surface area contributed by atoms with Gasteiger partial charge in [0.15, 0.2) is 0 Å². The molecule has 0 fully saturated rings. The van der Waals surface area contributed by atoms with Crippen LogP contribution in [0.1, 0.15) is 12.5 Å². The average molecular weight is 307 g/mol. The van der Waals surface area contributed by atoms with E-state index in [0.717, 1.165) is 6.92 Å². The van der Waals surface area contributed by atoms with Crippen LogP contribution in [-0.2, 0) is 4.79 Å². The molecule has 1 aromatic rings. The van der Waals surface area contributed by atoms with E-state index in [1.165, 1.54) is 24.3 Å². The van der Waals surface area contributed by atoms with Crippen molar-refractivity contribution in [3.05, 3.63) is 34.9 Å². The van der Waals surface area contributed by atoms with Gasteiger partial charge in [-0.15, -0.1) is 0 Å². The number of rotatable bonds is 1. The maximum Gasteiger partial charge on any atom is 0.424 e. The molecule has 1 N–H and O–H groups in total. The van der Waals surface area contributed by atoms with Crippen LogP contribution in [0.2, 0.25) is 5.02 Å². The van der Waals surface area contributed by atoms with E-state index in [2.05, 4.69) is 5.10 Å². The predicted octanol–water partition coefficient (Wildman–Crippen LogP) is 2.20. The molecule has 1 heterocycles. The van der Waals surface area contributed by atoms with E-state index in [-0.39, 0.29) is 5.56 Å². The Morgan fingerprint density at radius 1 is 1.40 bits per heavy atom. The van der Waals surface area contributed by atoms with Gasteiger partial charge in [-0.05, 0) is 12.1 Å². The zero-order valence-corrected chi connectivity index (χ0v) is 11.0. The summed E-state index contributed by atoms with van der Waals surface area (Å²) in [6, 6.07) is 5.38. The summed E-state index contributed by atoms with van der Waals surface area (Å²) in [5, 5.41) is 14.5. The fourth-order valence-corrected chi connectivity index (χ4v) is 1.97. The Morgan fingerprint density at radius 2 is 1.95 bits per heavy atom. The van der Waals surface area contributed by atoms with Gasteiger partial charge in [-0.3, -0.25) is 4.79 Å². The van der Waals surface area contributed by atoms with E-state index < -0.39 is 29.9 Å². The molecule has 1 amide bonds. The Balaban J connectivity index is 2.52. The third-order valence-electron chi connectivity index (χ3n) is 2.94. The van der Waals surface area contributed by atoms with Gasteiger partial charge in [-0.1, -0.05) is 23.7 Å². The van der Waals surface area contributed by atoms with Crippen LogP contribution in [0.3, 0.4) is 0 Å². The topological polar surface area (TPSA) is 52.9 Å².